The molecule has 0 aliphatic rings. The molecule has 5 rings (SSSR count). The first-order valence-corrected chi connectivity index (χ1v) is 23.4. The van der Waals surface area contributed by atoms with Crippen molar-refractivity contribution in [1.82, 2.24) is 15.6 Å². The highest BCUT2D eigenvalue weighted by atomic mass is 79.9. The van der Waals surface area contributed by atoms with Crippen LogP contribution in [0.25, 0.3) is 22.6 Å². The Morgan fingerprint density at radius 3 is 1.71 bits per heavy atom. The van der Waals surface area contributed by atoms with Crippen molar-refractivity contribution < 1.29 is 13.5 Å². The van der Waals surface area contributed by atoms with Gasteiger partial charge in [0.05, 0.1) is 0 Å². The van der Waals surface area contributed by atoms with Gasteiger partial charge in [0.2, 0.25) is 0 Å². The summed E-state index contributed by atoms with van der Waals surface area (Å²) in [6, 6.07) is 23.3. The number of hydrogen-bond donors (Lipinski definition) is 1. The lowest BCUT2D eigenvalue weighted by Crippen LogP contribution is -2.41. The van der Waals surface area contributed by atoms with Crippen LogP contribution in [0.2, 0.25) is 18.1 Å². The molecule has 0 saturated heterocycles. The third-order valence-corrected chi connectivity index (χ3v) is 17.1. The average molecular weight is 968 g/mol. The van der Waals surface area contributed by atoms with E-state index in [0.717, 1.165) is 90.8 Å². The summed E-state index contributed by atoms with van der Waals surface area (Å²) in [6.07, 6.45) is 3.75. The van der Waals surface area contributed by atoms with E-state index >= 15 is 0 Å². The molecule has 0 saturated carbocycles. The van der Waals surface area contributed by atoms with Gasteiger partial charge in [-0.3, -0.25) is 0 Å². The summed E-state index contributed by atoms with van der Waals surface area (Å²) < 4.78 is 21.2. The Morgan fingerprint density at radius 2 is 1.24 bits per heavy atom. The normalized spacial score (nSPS) is 12.5. The Hall–Kier alpha value is -1.86. The molecule has 0 aliphatic carbocycles. The fourth-order valence-electron chi connectivity index (χ4n) is 5.27. The molecule has 0 fully saturated rings. The van der Waals surface area contributed by atoms with Gasteiger partial charge in [-0.15, -0.1) is 0 Å². The van der Waals surface area contributed by atoms with Gasteiger partial charge in [0.1, 0.15) is 0 Å². The summed E-state index contributed by atoms with van der Waals surface area (Å²) >= 11 is 14.1. The third-order valence-electron chi connectivity index (χ3n) is 9.51. The number of rotatable bonds is 13. The van der Waals surface area contributed by atoms with E-state index in [2.05, 4.69) is 183 Å². The lowest BCUT2D eigenvalue weighted by molar-refractivity contribution is 0.282. The first kappa shape index (κ1) is 41.9. The summed E-state index contributed by atoms with van der Waals surface area (Å²) in [5.41, 5.74) is 8.02. The molecule has 0 amide bonds. The number of benzene rings is 3. The predicted molar refractivity (Wildman–Crippen MR) is 227 cm³/mol. The molecule has 0 spiro atoms. The average Bonchev–Trinajstić information content (AvgIpc) is 3.65. The lowest BCUT2D eigenvalue weighted by Gasteiger charge is -2.36. The highest BCUT2D eigenvalue weighted by molar-refractivity contribution is 9.11. The standard InChI is InChI=1S/C21H22Br2N2O.C19H27Br2NO2Si/c1-14-13-17(10-11-19(14)22)20-18(21(23)25-26-20)9-6-12-24-15(2)16-7-4-3-5-8-16;1-13-12-14(9-10-16(13)20)17-15(18(21)22-24-17)8-7-11-23-25(5,6)19(2,3)4/h3-5,7-8,10-11,13,15,24H,6,9,12H2,1-2H3;9-10,12H,7-8,11H2,1-6H3/t15-;/m0./s1. The van der Waals surface area contributed by atoms with Crippen molar-refractivity contribution in [2.24, 2.45) is 0 Å². The lowest BCUT2D eigenvalue weighted by atomic mass is 10.0. The molecule has 274 valence electrons. The fraction of sp³-hybridized carbons (Fsp3) is 0.400. The summed E-state index contributed by atoms with van der Waals surface area (Å²) in [7, 11) is -1.69. The minimum Gasteiger partial charge on any atom is -0.417 e. The van der Waals surface area contributed by atoms with E-state index < -0.39 is 8.32 Å². The zero-order chi connectivity index (χ0) is 37.3. The summed E-state index contributed by atoms with van der Waals surface area (Å²) in [4.78, 5) is 0. The molecule has 3 aromatic carbocycles. The Balaban J connectivity index is 0.000000229. The maximum atomic E-state index is 6.28. The van der Waals surface area contributed by atoms with Crippen molar-refractivity contribution in [1.29, 1.82) is 0 Å². The molecule has 0 unspecified atom stereocenters. The van der Waals surface area contributed by atoms with Gasteiger partial charge in [-0.1, -0.05) is 93.3 Å². The number of hydrogen-bond acceptors (Lipinski definition) is 6. The number of nitrogens with one attached hydrogen (secondary N) is 1. The number of aromatic nitrogens is 2. The Labute approximate surface area is 338 Å². The summed E-state index contributed by atoms with van der Waals surface area (Å²) in [5, 5.41) is 12.1. The molecular formula is C40H49Br4N3O3Si. The largest absolute Gasteiger partial charge is 0.417 e. The molecule has 0 aliphatic heterocycles. The Morgan fingerprint density at radius 1 is 0.745 bits per heavy atom. The SMILES string of the molecule is Cc1cc(-c2onc(Br)c2CCCN[C@@H](C)c2ccccc2)ccc1Br.Cc1cc(-c2onc(Br)c2CCCO[Si](C)(C)C(C)(C)C)ccc1Br. The van der Waals surface area contributed by atoms with Gasteiger partial charge in [0, 0.05) is 43.8 Å². The van der Waals surface area contributed by atoms with Crippen molar-refractivity contribution >= 4 is 72.0 Å². The monoisotopic (exact) mass is 963 g/mol. The quantitative estimate of drug-likeness (QED) is 0.0936. The van der Waals surface area contributed by atoms with E-state index in [9.17, 15) is 0 Å². The second-order valence-corrected chi connectivity index (χ2v) is 22.4. The Kier molecular flexibility index (Phi) is 15.6. The first-order chi connectivity index (χ1) is 24.1. The second kappa shape index (κ2) is 18.9. The highest BCUT2D eigenvalue weighted by Crippen LogP contribution is 2.37. The van der Waals surface area contributed by atoms with Crippen LogP contribution in [0.4, 0.5) is 0 Å². The zero-order valence-corrected chi connectivity index (χ0v) is 38.1. The van der Waals surface area contributed by atoms with Crippen molar-refractivity contribution in [2.75, 3.05) is 13.2 Å². The van der Waals surface area contributed by atoms with Crippen LogP contribution in [0.15, 0.2) is 93.9 Å². The van der Waals surface area contributed by atoms with Gasteiger partial charge in [-0.2, -0.15) is 0 Å². The number of aryl methyl sites for hydroxylation is 2. The van der Waals surface area contributed by atoms with Crippen LogP contribution in [-0.2, 0) is 17.3 Å². The fourth-order valence-corrected chi connectivity index (χ4v) is 7.76. The van der Waals surface area contributed by atoms with Gasteiger partial charge in [0.15, 0.2) is 29.0 Å². The van der Waals surface area contributed by atoms with Gasteiger partial charge < -0.3 is 18.8 Å². The summed E-state index contributed by atoms with van der Waals surface area (Å²) in [5.74, 6) is 1.69. The van der Waals surface area contributed by atoms with E-state index in [0.29, 0.717) is 6.04 Å². The number of nitrogens with zero attached hydrogens (tertiary/aromatic N) is 2. The van der Waals surface area contributed by atoms with E-state index in [1.165, 1.54) is 16.7 Å². The molecule has 0 radical (unpaired) electrons. The third kappa shape index (κ3) is 11.6. The topological polar surface area (TPSA) is 73.3 Å². The molecule has 1 N–H and O–H groups in total. The van der Waals surface area contributed by atoms with Crippen molar-refractivity contribution in [3.63, 3.8) is 0 Å². The van der Waals surface area contributed by atoms with Gasteiger partial charge in [0.25, 0.3) is 0 Å². The maximum Gasteiger partial charge on any atom is 0.191 e. The first-order valence-electron chi connectivity index (χ1n) is 17.3. The minimum absolute atomic E-state index is 0.241. The van der Waals surface area contributed by atoms with Crippen molar-refractivity contribution in [3.05, 3.63) is 113 Å². The van der Waals surface area contributed by atoms with E-state index in [1.54, 1.807) is 0 Å². The zero-order valence-electron chi connectivity index (χ0n) is 30.8. The molecule has 6 nitrogen and oxygen atoms in total. The van der Waals surface area contributed by atoms with Crippen LogP contribution >= 0.6 is 63.7 Å². The Bertz CT molecular complexity index is 1870. The van der Waals surface area contributed by atoms with Crippen LogP contribution in [0, 0.1) is 13.8 Å². The van der Waals surface area contributed by atoms with Crippen LogP contribution in [-0.4, -0.2) is 31.8 Å². The second-order valence-electron chi connectivity index (χ2n) is 14.4. The smallest absolute Gasteiger partial charge is 0.191 e. The molecule has 1 atom stereocenters. The molecule has 11 heteroatoms. The van der Waals surface area contributed by atoms with Crippen molar-refractivity contribution in [2.45, 2.75) is 91.4 Å². The van der Waals surface area contributed by atoms with Gasteiger partial charge >= 0.3 is 0 Å². The van der Waals surface area contributed by atoms with Crippen LogP contribution < -0.4 is 5.32 Å². The van der Waals surface area contributed by atoms with Crippen LogP contribution in [0.3, 0.4) is 0 Å². The predicted octanol–water partition coefficient (Wildman–Crippen LogP) is 13.6. The van der Waals surface area contributed by atoms with Gasteiger partial charge in [-0.05, 0) is 156 Å². The minimum atomic E-state index is -1.69. The molecule has 0 bridgehead atoms. The van der Waals surface area contributed by atoms with Crippen LogP contribution in [0.5, 0.6) is 0 Å². The van der Waals surface area contributed by atoms with E-state index in [1.807, 2.05) is 18.2 Å². The van der Waals surface area contributed by atoms with Crippen LogP contribution in [0.1, 0.15) is 74.4 Å². The number of halogens is 4. The highest BCUT2D eigenvalue weighted by Gasteiger charge is 2.36. The molecule has 5 aromatic rings. The summed E-state index contributed by atoms with van der Waals surface area (Å²) in [6.45, 7) is 19.4. The van der Waals surface area contributed by atoms with E-state index in [4.69, 9.17) is 13.5 Å². The molecular weight excluding hydrogens is 918 g/mol. The van der Waals surface area contributed by atoms with E-state index in [-0.39, 0.29) is 5.04 Å². The van der Waals surface area contributed by atoms with Gasteiger partial charge in [-0.25, -0.2) is 0 Å². The molecule has 2 aromatic heterocycles. The maximum absolute atomic E-state index is 6.28. The molecule has 51 heavy (non-hydrogen) atoms. The molecule has 2 heterocycles. The van der Waals surface area contributed by atoms with Crippen molar-refractivity contribution in [3.8, 4) is 22.6 Å².